The number of hydrogen-bond acceptors (Lipinski definition) is 5. The average molecular weight is 341 g/mol. The fourth-order valence-electron chi connectivity index (χ4n) is 1.64. The van der Waals surface area contributed by atoms with Gasteiger partial charge in [0, 0.05) is 6.04 Å². The number of carbonyl (C=O) groups excluding carboxylic acids is 2. The summed E-state index contributed by atoms with van der Waals surface area (Å²) in [7, 11) is -3.53. The first-order chi connectivity index (χ1) is 10.7. The van der Waals surface area contributed by atoms with Gasteiger partial charge in [-0.1, -0.05) is 32.0 Å². The molecular weight excluding hydrogens is 318 g/mol. The highest BCUT2D eigenvalue weighted by atomic mass is 32.2. The second-order valence-electron chi connectivity index (χ2n) is 5.64. The van der Waals surface area contributed by atoms with Crippen molar-refractivity contribution in [3.63, 3.8) is 0 Å². The number of ether oxygens (including phenoxy) is 1. The van der Waals surface area contributed by atoms with Gasteiger partial charge in [-0.25, -0.2) is 8.42 Å². The molecule has 0 aliphatic heterocycles. The van der Waals surface area contributed by atoms with Crippen molar-refractivity contribution >= 4 is 21.7 Å². The molecule has 0 heterocycles. The molecule has 0 unspecified atom stereocenters. The molecule has 1 rings (SSSR count). The number of nitrogens with one attached hydrogen (secondary N) is 1. The van der Waals surface area contributed by atoms with Crippen LogP contribution >= 0.6 is 0 Å². The van der Waals surface area contributed by atoms with Crippen molar-refractivity contribution in [3.05, 3.63) is 30.3 Å². The summed E-state index contributed by atoms with van der Waals surface area (Å²) in [5, 5.41) is 2.70. The van der Waals surface area contributed by atoms with Crippen LogP contribution in [-0.4, -0.2) is 38.7 Å². The van der Waals surface area contributed by atoms with Crippen LogP contribution < -0.4 is 5.32 Å². The zero-order valence-corrected chi connectivity index (χ0v) is 14.4. The summed E-state index contributed by atoms with van der Waals surface area (Å²) in [6, 6.07) is 7.86. The van der Waals surface area contributed by atoms with Crippen molar-refractivity contribution in [2.75, 3.05) is 12.4 Å². The van der Waals surface area contributed by atoms with E-state index < -0.39 is 28.3 Å². The first-order valence-corrected chi connectivity index (χ1v) is 9.10. The number of benzene rings is 1. The summed E-state index contributed by atoms with van der Waals surface area (Å²) < 4.78 is 28.8. The third kappa shape index (κ3) is 6.81. The van der Waals surface area contributed by atoms with Gasteiger partial charge in [0.05, 0.1) is 17.1 Å². The third-order valence-electron chi connectivity index (χ3n) is 3.43. The maximum Gasteiger partial charge on any atom is 0.307 e. The Kier molecular flexibility index (Phi) is 7.22. The fourth-order valence-corrected chi connectivity index (χ4v) is 2.89. The first-order valence-electron chi connectivity index (χ1n) is 7.45. The van der Waals surface area contributed by atoms with Crippen LogP contribution in [0.5, 0.6) is 0 Å². The van der Waals surface area contributed by atoms with Gasteiger partial charge < -0.3 is 10.1 Å². The van der Waals surface area contributed by atoms with Crippen LogP contribution in [-0.2, 0) is 24.2 Å². The molecule has 7 heteroatoms. The predicted octanol–water partition coefficient (Wildman–Crippen LogP) is 1.55. The molecule has 1 aromatic carbocycles. The summed E-state index contributed by atoms with van der Waals surface area (Å²) in [4.78, 5) is 23.3. The van der Waals surface area contributed by atoms with E-state index in [4.69, 9.17) is 4.74 Å². The Labute approximate surface area is 137 Å². The maximum absolute atomic E-state index is 12.0. The Balaban J connectivity index is 2.39. The van der Waals surface area contributed by atoms with Gasteiger partial charge >= 0.3 is 5.97 Å². The molecule has 0 aliphatic carbocycles. The number of sulfone groups is 1. The molecule has 0 fully saturated rings. The fraction of sp³-hybridized carbons (Fsp3) is 0.500. The lowest BCUT2D eigenvalue weighted by Gasteiger charge is -2.17. The van der Waals surface area contributed by atoms with E-state index in [1.807, 2.05) is 20.8 Å². The summed E-state index contributed by atoms with van der Waals surface area (Å²) >= 11 is 0. The highest BCUT2D eigenvalue weighted by Gasteiger charge is 2.18. The molecule has 0 aliphatic rings. The minimum atomic E-state index is -3.53. The molecule has 128 valence electrons. The maximum atomic E-state index is 12.0. The van der Waals surface area contributed by atoms with Crippen LogP contribution in [0.4, 0.5) is 0 Å². The number of hydrogen-bond donors (Lipinski definition) is 1. The van der Waals surface area contributed by atoms with Crippen LogP contribution in [0.3, 0.4) is 0 Å². The summed E-state index contributed by atoms with van der Waals surface area (Å²) in [5.41, 5.74) is 0. The molecule has 0 bridgehead atoms. The number of carbonyl (C=O) groups is 2. The molecule has 1 amide bonds. The van der Waals surface area contributed by atoms with Gasteiger partial charge in [0.15, 0.2) is 16.4 Å². The topological polar surface area (TPSA) is 89.5 Å². The molecular formula is C16H23NO5S. The van der Waals surface area contributed by atoms with Crippen molar-refractivity contribution in [2.45, 2.75) is 38.1 Å². The summed E-state index contributed by atoms with van der Waals surface area (Å²) in [6.45, 7) is 5.38. The molecule has 0 aromatic heterocycles. The standard InChI is InChI=1S/C16H23NO5S/c1-12(2)13(3)17-15(18)11-22-16(19)9-10-23(20,21)14-7-5-4-6-8-14/h4-8,12-13H,9-11H2,1-3H3,(H,17,18)/t13-/m0/s1. The van der Waals surface area contributed by atoms with E-state index in [1.54, 1.807) is 18.2 Å². The zero-order valence-electron chi connectivity index (χ0n) is 13.6. The van der Waals surface area contributed by atoms with Crippen LogP contribution in [0, 0.1) is 5.92 Å². The monoisotopic (exact) mass is 341 g/mol. The zero-order chi connectivity index (χ0) is 17.5. The minimum absolute atomic E-state index is 0.0281. The van der Waals surface area contributed by atoms with Gasteiger partial charge in [-0.2, -0.15) is 0 Å². The van der Waals surface area contributed by atoms with Crippen molar-refractivity contribution < 1.29 is 22.7 Å². The Morgan fingerprint density at radius 2 is 1.74 bits per heavy atom. The highest BCUT2D eigenvalue weighted by Crippen LogP contribution is 2.11. The third-order valence-corrected chi connectivity index (χ3v) is 5.16. The summed E-state index contributed by atoms with van der Waals surface area (Å²) in [6.07, 6.45) is -0.287. The number of esters is 1. The molecule has 6 nitrogen and oxygen atoms in total. The lowest BCUT2D eigenvalue weighted by molar-refractivity contribution is -0.148. The van der Waals surface area contributed by atoms with E-state index >= 15 is 0 Å². The second kappa shape index (κ2) is 8.67. The van der Waals surface area contributed by atoms with E-state index in [9.17, 15) is 18.0 Å². The van der Waals surface area contributed by atoms with Crippen molar-refractivity contribution in [2.24, 2.45) is 5.92 Å². The van der Waals surface area contributed by atoms with Crippen LogP contribution in [0.1, 0.15) is 27.2 Å². The molecule has 0 radical (unpaired) electrons. The Morgan fingerprint density at radius 1 is 1.13 bits per heavy atom. The molecule has 1 atom stereocenters. The largest absolute Gasteiger partial charge is 0.456 e. The normalized spacial score (nSPS) is 12.7. The van der Waals surface area contributed by atoms with Crippen LogP contribution in [0.25, 0.3) is 0 Å². The quantitative estimate of drug-likeness (QED) is 0.725. The van der Waals surface area contributed by atoms with Gasteiger partial charge in [0.2, 0.25) is 0 Å². The smallest absolute Gasteiger partial charge is 0.307 e. The van der Waals surface area contributed by atoms with Crippen LogP contribution in [0.2, 0.25) is 0 Å². The van der Waals surface area contributed by atoms with E-state index in [0.717, 1.165) is 0 Å². The van der Waals surface area contributed by atoms with E-state index in [2.05, 4.69) is 5.32 Å². The number of rotatable bonds is 8. The van der Waals surface area contributed by atoms with Crippen molar-refractivity contribution in [3.8, 4) is 0 Å². The predicted molar refractivity (Wildman–Crippen MR) is 86.5 cm³/mol. The van der Waals surface area contributed by atoms with E-state index in [-0.39, 0.29) is 29.0 Å². The van der Waals surface area contributed by atoms with Crippen LogP contribution in [0.15, 0.2) is 35.2 Å². The van der Waals surface area contributed by atoms with Gasteiger partial charge in [-0.3, -0.25) is 9.59 Å². The Hall–Kier alpha value is -1.89. The second-order valence-corrected chi connectivity index (χ2v) is 7.75. The van der Waals surface area contributed by atoms with Gasteiger partial charge in [-0.05, 0) is 25.0 Å². The lowest BCUT2D eigenvalue weighted by atomic mass is 10.1. The van der Waals surface area contributed by atoms with E-state index in [0.29, 0.717) is 0 Å². The van der Waals surface area contributed by atoms with Crippen molar-refractivity contribution in [1.29, 1.82) is 0 Å². The Morgan fingerprint density at radius 3 is 2.30 bits per heavy atom. The number of amides is 1. The molecule has 0 saturated heterocycles. The lowest BCUT2D eigenvalue weighted by Crippen LogP contribution is -2.38. The molecule has 0 saturated carbocycles. The van der Waals surface area contributed by atoms with E-state index in [1.165, 1.54) is 12.1 Å². The molecule has 23 heavy (non-hydrogen) atoms. The average Bonchev–Trinajstić information content (AvgIpc) is 2.51. The Bertz CT molecular complexity index is 625. The van der Waals surface area contributed by atoms with Gasteiger partial charge in [0.1, 0.15) is 0 Å². The molecule has 0 spiro atoms. The summed E-state index contributed by atoms with van der Waals surface area (Å²) in [5.74, 6) is -1.19. The van der Waals surface area contributed by atoms with Gasteiger partial charge in [0.25, 0.3) is 5.91 Å². The van der Waals surface area contributed by atoms with Gasteiger partial charge in [-0.15, -0.1) is 0 Å². The SMILES string of the molecule is CC(C)[C@H](C)NC(=O)COC(=O)CCS(=O)(=O)c1ccccc1. The highest BCUT2D eigenvalue weighted by molar-refractivity contribution is 7.91. The molecule has 1 N–H and O–H groups in total. The van der Waals surface area contributed by atoms with Crippen molar-refractivity contribution in [1.82, 2.24) is 5.32 Å². The molecule has 1 aromatic rings. The first kappa shape index (κ1) is 19.2. The minimum Gasteiger partial charge on any atom is -0.456 e.